The summed E-state index contributed by atoms with van der Waals surface area (Å²) in [5, 5.41) is 3.97. The lowest BCUT2D eigenvalue weighted by Gasteiger charge is -2.34. The molecule has 1 aliphatic rings. The molecule has 2 N–H and O–H groups in total. The molecule has 3 rings (SSSR count). The summed E-state index contributed by atoms with van der Waals surface area (Å²) in [5.74, 6) is 1.82. The molecule has 0 atom stereocenters. The third kappa shape index (κ3) is 2.56. The molecule has 0 unspecified atom stereocenters. The van der Waals surface area contributed by atoms with Crippen LogP contribution in [0.4, 0.5) is 0 Å². The maximum absolute atomic E-state index is 5.98. The molecule has 0 spiro atoms. The van der Waals surface area contributed by atoms with Gasteiger partial charge >= 0.3 is 0 Å². The first-order chi connectivity index (χ1) is 9.31. The highest BCUT2D eigenvalue weighted by atomic mass is 16.5. The van der Waals surface area contributed by atoms with Crippen LogP contribution in [0.3, 0.4) is 0 Å². The summed E-state index contributed by atoms with van der Waals surface area (Å²) in [7, 11) is 0. The van der Waals surface area contributed by atoms with Crippen molar-refractivity contribution in [2.24, 2.45) is 11.1 Å². The predicted molar refractivity (Wildman–Crippen MR) is 70.3 cm³/mol. The molecule has 0 aliphatic heterocycles. The van der Waals surface area contributed by atoms with Gasteiger partial charge in [0, 0.05) is 6.42 Å². The Morgan fingerprint density at radius 3 is 2.79 bits per heavy atom. The van der Waals surface area contributed by atoms with Gasteiger partial charge in [-0.3, -0.25) is 0 Å². The largest absolute Gasteiger partial charge is 0.461 e. The van der Waals surface area contributed by atoms with E-state index in [0.717, 1.165) is 19.3 Å². The van der Waals surface area contributed by atoms with Crippen molar-refractivity contribution >= 4 is 0 Å². The Bertz CT molecular complexity index is 513. The lowest BCUT2D eigenvalue weighted by molar-refractivity contribution is 0.177. The minimum absolute atomic E-state index is 0.144. The van der Waals surface area contributed by atoms with Gasteiger partial charge in [0.2, 0.25) is 11.7 Å². The number of hydrogen-bond donors (Lipinski definition) is 1. The van der Waals surface area contributed by atoms with Gasteiger partial charge in [0.05, 0.1) is 6.26 Å². The highest BCUT2D eigenvalue weighted by Crippen LogP contribution is 2.38. The van der Waals surface area contributed by atoms with Crippen LogP contribution in [0.5, 0.6) is 0 Å². The van der Waals surface area contributed by atoms with Crippen molar-refractivity contribution in [2.75, 3.05) is 6.54 Å². The van der Waals surface area contributed by atoms with Crippen LogP contribution in [0, 0.1) is 5.41 Å². The average Bonchev–Trinajstić information content (AvgIpc) is 3.10. The second-order valence-electron chi connectivity index (χ2n) is 5.43. The van der Waals surface area contributed by atoms with Crippen molar-refractivity contribution in [3.8, 4) is 11.6 Å². The molecule has 2 aromatic rings. The van der Waals surface area contributed by atoms with Crippen LogP contribution in [0.15, 0.2) is 27.3 Å². The van der Waals surface area contributed by atoms with Crippen LogP contribution in [0.25, 0.3) is 11.6 Å². The van der Waals surface area contributed by atoms with E-state index in [2.05, 4.69) is 10.1 Å². The van der Waals surface area contributed by atoms with E-state index >= 15 is 0 Å². The van der Waals surface area contributed by atoms with Crippen LogP contribution < -0.4 is 5.73 Å². The predicted octanol–water partition coefficient (Wildman–Crippen LogP) is 2.78. The second-order valence-corrected chi connectivity index (χ2v) is 5.43. The quantitative estimate of drug-likeness (QED) is 0.915. The fourth-order valence-electron chi connectivity index (χ4n) is 2.91. The summed E-state index contributed by atoms with van der Waals surface area (Å²) in [6.07, 6.45) is 8.49. The maximum Gasteiger partial charge on any atom is 0.238 e. The van der Waals surface area contributed by atoms with Gasteiger partial charge < -0.3 is 14.7 Å². The molecule has 1 fully saturated rings. The van der Waals surface area contributed by atoms with Gasteiger partial charge in [0.1, 0.15) is 0 Å². The fourth-order valence-corrected chi connectivity index (χ4v) is 2.91. The molecule has 5 nitrogen and oxygen atoms in total. The van der Waals surface area contributed by atoms with Crippen molar-refractivity contribution in [3.05, 3.63) is 24.3 Å². The molecule has 102 valence electrons. The zero-order valence-electron chi connectivity index (χ0n) is 11.0. The molecule has 19 heavy (non-hydrogen) atoms. The van der Waals surface area contributed by atoms with Crippen molar-refractivity contribution in [2.45, 2.75) is 38.5 Å². The first-order valence-corrected chi connectivity index (χ1v) is 6.88. The maximum atomic E-state index is 5.98. The van der Waals surface area contributed by atoms with Gasteiger partial charge in [-0.1, -0.05) is 24.4 Å². The average molecular weight is 261 g/mol. The molecule has 1 saturated carbocycles. The molecule has 2 aromatic heterocycles. The molecule has 2 heterocycles. The molecule has 0 radical (unpaired) electrons. The zero-order chi connectivity index (χ0) is 13.1. The summed E-state index contributed by atoms with van der Waals surface area (Å²) in [5.41, 5.74) is 6.12. The van der Waals surface area contributed by atoms with Crippen LogP contribution in [-0.4, -0.2) is 16.7 Å². The summed E-state index contributed by atoms with van der Waals surface area (Å²) < 4.78 is 10.6. The molecule has 0 saturated heterocycles. The van der Waals surface area contributed by atoms with Gasteiger partial charge in [0.25, 0.3) is 0 Å². The molecular formula is C14H19N3O2. The van der Waals surface area contributed by atoms with Gasteiger partial charge in [-0.05, 0) is 36.9 Å². The molecule has 0 bridgehead atoms. The monoisotopic (exact) mass is 261 g/mol. The molecule has 1 aliphatic carbocycles. The summed E-state index contributed by atoms with van der Waals surface area (Å²) in [6.45, 7) is 0.686. The highest BCUT2D eigenvalue weighted by molar-refractivity contribution is 5.44. The minimum Gasteiger partial charge on any atom is -0.461 e. The third-order valence-electron chi connectivity index (χ3n) is 4.08. The van der Waals surface area contributed by atoms with E-state index in [4.69, 9.17) is 14.7 Å². The molecule has 0 aromatic carbocycles. The van der Waals surface area contributed by atoms with Crippen molar-refractivity contribution in [1.82, 2.24) is 10.1 Å². The topological polar surface area (TPSA) is 78.1 Å². The van der Waals surface area contributed by atoms with E-state index in [1.54, 1.807) is 6.26 Å². The number of rotatable bonds is 4. The number of nitrogens with two attached hydrogens (primary N) is 1. The Hall–Kier alpha value is -1.62. The lowest BCUT2D eigenvalue weighted by atomic mass is 9.72. The summed E-state index contributed by atoms with van der Waals surface area (Å²) in [4.78, 5) is 4.41. The molecule has 0 amide bonds. The van der Waals surface area contributed by atoms with Crippen molar-refractivity contribution in [3.63, 3.8) is 0 Å². The first kappa shape index (κ1) is 12.4. The Balaban J connectivity index is 1.76. The fraction of sp³-hybridized carbons (Fsp3) is 0.571. The SMILES string of the molecule is NCC1(Cc2nc(-c3ccco3)no2)CCCCC1. The van der Waals surface area contributed by atoms with Gasteiger partial charge in [0.15, 0.2) is 5.76 Å². The first-order valence-electron chi connectivity index (χ1n) is 6.88. The van der Waals surface area contributed by atoms with Crippen molar-refractivity contribution in [1.29, 1.82) is 0 Å². The Labute approximate surface area is 112 Å². The lowest BCUT2D eigenvalue weighted by Crippen LogP contribution is -2.35. The van der Waals surface area contributed by atoms with Gasteiger partial charge in [-0.15, -0.1) is 0 Å². The second kappa shape index (κ2) is 5.17. The summed E-state index contributed by atoms with van der Waals surface area (Å²) >= 11 is 0. The van der Waals surface area contributed by atoms with Crippen LogP contribution in [-0.2, 0) is 6.42 Å². The van der Waals surface area contributed by atoms with Gasteiger partial charge in [-0.25, -0.2) is 0 Å². The van der Waals surface area contributed by atoms with Crippen LogP contribution >= 0.6 is 0 Å². The molecular weight excluding hydrogens is 242 g/mol. The Kier molecular flexibility index (Phi) is 3.38. The van der Waals surface area contributed by atoms with E-state index in [1.165, 1.54) is 19.3 Å². The molecule has 5 heteroatoms. The number of hydrogen-bond acceptors (Lipinski definition) is 5. The standard InChI is InChI=1S/C14H19N3O2/c15-10-14(6-2-1-3-7-14)9-12-16-13(17-19-12)11-5-4-8-18-11/h4-5,8H,1-3,6-7,9-10,15H2. The minimum atomic E-state index is 0.144. The normalized spacial score (nSPS) is 18.6. The summed E-state index contributed by atoms with van der Waals surface area (Å²) in [6, 6.07) is 3.64. The van der Waals surface area contributed by atoms with E-state index in [-0.39, 0.29) is 5.41 Å². The zero-order valence-corrected chi connectivity index (χ0v) is 11.0. The Morgan fingerprint density at radius 2 is 2.11 bits per heavy atom. The number of furan rings is 1. The van der Waals surface area contributed by atoms with Crippen LogP contribution in [0.2, 0.25) is 0 Å². The third-order valence-corrected chi connectivity index (χ3v) is 4.08. The van der Waals surface area contributed by atoms with Crippen LogP contribution in [0.1, 0.15) is 38.0 Å². The highest BCUT2D eigenvalue weighted by Gasteiger charge is 2.33. The van der Waals surface area contributed by atoms with E-state index in [9.17, 15) is 0 Å². The smallest absolute Gasteiger partial charge is 0.238 e. The van der Waals surface area contributed by atoms with E-state index in [0.29, 0.717) is 24.0 Å². The van der Waals surface area contributed by atoms with E-state index < -0.39 is 0 Å². The number of nitrogens with zero attached hydrogens (tertiary/aromatic N) is 2. The number of aromatic nitrogens is 2. The Morgan fingerprint density at radius 1 is 1.26 bits per heavy atom. The van der Waals surface area contributed by atoms with E-state index in [1.807, 2.05) is 12.1 Å². The van der Waals surface area contributed by atoms with Gasteiger partial charge in [-0.2, -0.15) is 4.98 Å². The van der Waals surface area contributed by atoms with Crippen molar-refractivity contribution < 1.29 is 8.94 Å².